The number of hydrogen-bond acceptors (Lipinski definition) is 4. The van der Waals surface area contributed by atoms with Crippen LogP contribution in [0.3, 0.4) is 0 Å². The number of nitrogens with one attached hydrogen (secondary N) is 1. The molecule has 0 saturated heterocycles. The van der Waals surface area contributed by atoms with Gasteiger partial charge in [0.25, 0.3) is 0 Å². The second-order valence-corrected chi connectivity index (χ2v) is 3.85. The van der Waals surface area contributed by atoms with Crippen LogP contribution >= 0.6 is 0 Å². The summed E-state index contributed by atoms with van der Waals surface area (Å²) in [6.07, 6.45) is -0.222. The zero-order valence-corrected chi connectivity index (χ0v) is 10.3. The molecule has 0 bridgehead atoms. The molecular formula is C12H16FN3O3. The van der Waals surface area contributed by atoms with Gasteiger partial charge in [0, 0.05) is 0 Å². The highest BCUT2D eigenvalue weighted by atomic mass is 19.1. The van der Waals surface area contributed by atoms with Crippen molar-refractivity contribution < 1.29 is 18.7 Å². The quantitative estimate of drug-likeness (QED) is 0.581. The average Bonchev–Trinajstić information content (AvgIpc) is 2.35. The van der Waals surface area contributed by atoms with Crippen LogP contribution in [-0.4, -0.2) is 31.0 Å². The van der Waals surface area contributed by atoms with Gasteiger partial charge in [-0.25, -0.2) is 4.39 Å². The van der Waals surface area contributed by atoms with Gasteiger partial charge in [-0.05, 0) is 12.1 Å². The summed E-state index contributed by atoms with van der Waals surface area (Å²) in [7, 11) is 0. The van der Waals surface area contributed by atoms with Gasteiger partial charge in [0.15, 0.2) is 11.6 Å². The number of ether oxygens (including phenoxy) is 1. The smallest absolute Gasteiger partial charge is 0.237 e. The van der Waals surface area contributed by atoms with E-state index in [1.165, 1.54) is 12.1 Å². The van der Waals surface area contributed by atoms with Crippen LogP contribution in [0.2, 0.25) is 0 Å². The highest BCUT2D eigenvalue weighted by Crippen LogP contribution is 2.14. The molecule has 1 atom stereocenters. The molecule has 0 fully saturated rings. The third kappa shape index (κ3) is 5.35. The van der Waals surface area contributed by atoms with E-state index in [1.807, 2.05) is 0 Å². The Morgan fingerprint density at radius 2 is 2.05 bits per heavy atom. The minimum absolute atomic E-state index is 0.0932. The van der Waals surface area contributed by atoms with Gasteiger partial charge >= 0.3 is 0 Å². The molecule has 5 N–H and O–H groups in total. The van der Waals surface area contributed by atoms with Crippen LogP contribution in [0, 0.1) is 5.82 Å². The summed E-state index contributed by atoms with van der Waals surface area (Å²) in [6.45, 7) is 0.246. The molecule has 1 rings (SSSR count). The fourth-order valence-corrected chi connectivity index (χ4v) is 1.34. The molecule has 0 aliphatic carbocycles. The standard InChI is InChI=1S/C12H16FN3O3/c13-8-3-1-2-4-10(8)19-6-5-16-12(18)9(14)7-11(15)17/h1-4,9H,5-7,14H2,(H2,15,17)(H,16,18)/t9-/m0/s1. The van der Waals surface area contributed by atoms with Crippen molar-refractivity contribution in [2.24, 2.45) is 11.5 Å². The molecule has 6 nitrogen and oxygen atoms in total. The number of halogens is 1. The number of rotatable bonds is 7. The molecule has 0 heterocycles. The van der Waals surface area contributed by atoms with Crippen LogP contribution < -0.4 is 21.5 Å². The Labute approximate surface area is 109 Å². The van der Waals surface area contributed by atoms with E-state index in [0.717, 1.165) is 0 Å². The summed E-state index contributed by atoms with van der Waals surface area (Å²) in [5.74, 6) is -1.52. The van der Waals surface area contributed by atoms with Crippen LogP contribution in [0.15, 0.2) is 24.3 Å². The minimum Gasteiger partial charge on any atom is -0.489 e. The Bertz CT molecular complexity index is 454. The highest BCUT2D eigenvalue weighted by molar-refractivity contribution is 5.87. The highest BCUT2D eigenvalue weighted by Gasteiger charge is 2.15. The van der Waals surface area contributed by atoms with E-state index in [2.05, 4.69) is 5.32 Å². The first-order valence-corrected chi connectivity index (χ1v) is 5.69. The van der Waals surface area contributed by atoms with Gasteiger partial charge in [-0.2, -0.15) is 0 Å². The number of amides is 2. The zero-order chi connectivity index (χ0) is 14.3. The topological polar surface area (TPSA) is 107 Å². The first kappa shape index (κ1) is 14.9. The monoisotopic (exact) mass is 269 g/mol. The van der Waals surface area contributed by atoms with Crippen LogP contribution in [0.5, 0.6) is 5.75 Å². The third-order valence-electron chi connectivity index (χ3n) is 2.25. The lowest BCUT2D eigenvalue weighted by molar-refractivity contribution is -0.126. The Balaban J connectivity index is 2.26. The molecule has 0 spiro atoms. The molecule has 7 heteroatoms. The summed E-state index contributed by atoms with van der Waals surface area (Å²) in [6, 6.07) is 4.96. The summed E-state index contributed by atoms with van der Waals surface area (Å²) in [4.78, 5) is 21.9. The molecule has 0 aliphatic rings. The largest absolute Gasteiger partial charge is 0.489 e. The Morgan fingerprint density at radius 1 is 1.37 bits per heavy atom. The molecule has 104 valence electrons. The van der Waals surface area contributed by atoms with Crippen molar-refractivity contribution in [3.8, 4) is 5.75 Å². The summed E-state index contributed by atoms with van der Waals surface area (Å²) >= 11 is 0. The SMILES string of the molecule is NC(=O)C[C@H](N)C(=O)NCCOc1ccccc1F. The van der Waals surface area contributed by atoms with Gasteiger partial charge in [0.1, 0.15) is 6.61 Å². The maximum atomic E-state index is 13.2. The first-order valence-electron chi connectivity index (χ1n) is 5.69. The molecular weight excluding hydrogens is 253 g/mol. The van der Waals surface area contributed by atoms with Gasteiger partial charge in [0.2, 0.25) is 11.8 Å². The lowest BCUT2D eigenvalue weighted by Crippen LogP contribution is -2.44. The fraction of sp³-hybridized carbons (Fsp3) is 0.333. The predicted molar refractivity (Wildman–Crippen MR) is 66.7 cm³/mol. The van der Waals surface area contributed by atoms with Gasteiger partial charge in [-0.15, -0.1) is 0 Å². The van der Waals surface area contributed by atoms with Gasteiger partial charge in [-0.3, -0.25) is 9.59 Å². The van der Waals surface area contributed by atoms with E-state index in [1.54, 1.807) is 12.1 Å². The normalized spacial score (nSPS) is 11.7. The molecule has 0 unspecified atom stereocenters. The lowest BCUT2D eigenvalue weighted by Gasteiger charge is -2.11. The van der Waals surface area contributed by atoms with Crippen LogP contribution in [0.1, 0.15) is 6.42 Å². The third-order valence-corrected chi connectivity index (χ3v) is 2.25. The van der Waals surface area contributed by atoms with E-state index >= 15 is 0 Å². The predicted octanol–water partition coefficient (Wildman–Crippen LogP) is -0.477. The summed E-state index contributed by atoms with van der Waals surface area (Å²) in [5.41, 5.74) is 10.3. The molecule has 1 aromatic rings. The summed E-state index contributed by atoms with van der Waals surface area (Å²) < 4.78 is 18.3. The fourth-order valence-electron chi connectivity index (χ4n) is 1.34. The van der Waals surface area contributed by atoms with Crippen molar-refractivity contribution in [2.45, 2.75) is 12.5 Å². The van der Waals surface area contributed by atoms with Crippen molar-refractivity contribution in [3.05, 3.63) is 30.1 Å². The van der Waals surface area contributed by atoms with Crippen molar-refractivity contribution in [1.82, 2.24) is 5.32 Å². The molecule has 1 aromatic carbocycles. The first-order chi connectivity index (χ1) is 9.00. The Kier molecular flexibility index (Phi) is 5.74. The lowest BCUT2D eigenvalue weighted by atomic mass is 10.2. The number of primary amides is 1. The summed E-state index contributed by atoms with van der Waals surface area (Å²) in [5, 5.41) is 2.46. The van der Waals surface area contributed by atoms with Gasteiger partial charge in [0.05, 0.1) is 19.0 Å². The number of nitrogens with two attached hydrogens (primary N) is 2. The van der Waals surface area contributed by atoms with Crippen LogP contribution in [0.4, 0.5) is 4.39 Å². The maximum absolute atomic E-state index is 13.2. The zero-order valence-electron chi connectivity index (χ0n) is 10.3. The average molecular weight is 269 g/mol. The maximum Gasteiger partial charge on any atom is 0.237 e. The van der Waals surface area contributed by atoms with Crippen molar-refractivity contribution in [1.29, 1.82) is 0 Å². The van der Waals surface area contributed by atoms with Crippen LogP contribution in [0.25, 0.3) is 0 Å². The minimum atomic E-state index is -0.981. The van der Waals surface area contributed by atoms with Crippen molar-refractivity contribution in [3.63, 3.8) is 0 Å². The van der Waals surface area contributed by atoms with Gasteiger partial charge in [-0.1, -0.05) is 12.1 Å². The molecule has 0 aliphatic heterocycles. The van der Waals surface area contributed by atoms with Gasteiger partial charge < -0.3 is 21.5 Å². The second-order valence-electron chi connectivity index (χ2n) is 3.85. The number of carbonyl (C=O) groups is 2. The van der Waals surface area contributed by atoms with Crippen molar-refractivity contribution >= 4 is 11.8 Å². The number of carbonyl (C=O) groups excluding carboxylic acids is 2. The molecule has 0 aromatic heterocycles. The van der Waals surface area contributed by atoms with E-state index in [9.17, 15) is 14.0 Å². The second kappa shape index (κ2) is 7.32. The molecule has 2 amide bonds. The van der Waals surface area contributed by atoms with Crippen molar-refractivity contribution in [2.75, 3.05) is 13.2 Å². The van der Waals surface area contributed by atoms with E-state index < -0.39 is 23.7 Å². The van der Waals surface area contributed by atoms with E-state index in [-0.39, 0.29) is 25.3 Å². The van der Waals surface area contributed by atoms with E-state index in [4.69, 9.17) is 16.2 Å². The van der Waals surface area contributed by atoms with Crippen LogP contribution in [-0.2, 0) is 9.59 Å². The number of benzene rings is 1. The molecule has 0 saturated carbocycles. The molecule has 19 heavy (non-hydrogen) atoms. The Hall–Kier alpha value is -2.15. The Morgan fingerprint density at radius 3 is 2.68 bits per heavy atom. The number of hydrogen-bond donors (Lipinski definition) is 3. The number of para-hydroxylation sites is 1. The molecule has 0 radical (unpaired) electrons. The van der Waals surface area contributed by atoms with E-state index in [0.29, 0.717) is 0 Å².